The minimum Gasteiger partial charge on any atom is -0.336 e. The number of halogens is 1. The standard InChI is InChI=1S/C14H19FN2O3S/c1-2-10-21(19,20)17-8-6-16(7-9-17)14(18)12-4-3-5-13(15)11-12/h3-5,11H,2,6-10H2,1H3. The molecule has 0 atom stereocenters. The molecule has 0 bridgehead atoms. The summed E-state index contributed by atoms with van der Waals surface area (Å²) in [7, 11) is -3.22. The van der Waals surface area contributed by atoms with Crippen LogP contribution in [0.25, 0.3) is 0 Å². The van der Waals surface area contributed by atoms with Gasteiger partial charge in [-0.25, -0.2) is 12.8 Å². The zero-order valence-electron chi connectivity index (χ0n) is 12.0. The summed E-state index contributed by atoms with van der Waals surface area (Å²) in [5.74, 6) is -0.586. The first kappa shape index (κ1) is 15.9. The number of sulfonamides is 1. The van der Waals surface area contributed by atoms with Gasteiger partial charge >= 0.3 is 0 Å². The third-order valence-corrected chi connectivity index (χ3v) is 5.53. The molecule has 1 aromatic carbocycles. The first-order chi connectivity index (χ1) is 9.94. The summed E-state index contributed by atoms with van der Waals surface area (Å²) >= 11 is 0. The van der Waals surface area contributed by atoms with E-state index < -0.39 is 15.8 Å². The lowest BCUT2D eigenvalue weighted by Crippen LogP contribution is -2.51. The van der Waals surface area contributed by atoms with E-state index in [0.29, 0.717) is 38.2 Å². The van der Waals surface area contributed by atoms with Crippen molar-refractivity contribution in [2.24, 2.45) is 0 Å². The summed E-state index contributed by atoms with van der Waals surface area (Å²) in [6.45, 7) is 3.07. The van der Waals surface area contributed by atoms with E-state index in [4.69, 9.17) is 0 Å². The van der Waals surface area contributed by atoms with Gasteiger partial charge in [0, 0.05) is 31.7 Å². The minimum absolute atomic E-state index is 0.130. The third-order valence-electron chi connectivity index (χ3n) is 3.45. The molecule has 1 fully saturated rings. The van der Waals surface area contributed by atoms with Crippen LogP contribution in [0.2, 0.25) is 0 Å². The maximum absolute atomic E-state index is 13.1. The van der Waals surface area contributed by atoms with Gasteiger partial charge in [-0.05, 0) is 24.6 Å². The quantitative estimate of drug-likeness (QED) is 0.842. The first-order valence-electron chi connectivity index (χ1n) is 6.96. The van der Waals surface area contributed by atoms with Crippen LogP contribution in [0.3, 0.4) is 0 Å². The fourth-order valence-corrected chi connectivity index (χ4v) is 3.85. The molecule has 0 aromatic heterocycles. The molecule has 0 spiro atoms. The fraction of sp³-hybridized carbons (Fsp3) is 0.500. The lowest BCUT2D eigenvalue weighted by molar-refractivity contribution is 0.0697. The Morgan fingerprint density at radius 3 is 2.48 bits per heavy atom. The molecule has 0 N–H and O–H groups in total. The van der Waals surface area contributed by atoms with Gasteiger partial charge in [0.25, 0.3) is 5.91 Å². The molecule has 0 saturated carbocycles. The lowest BCUT2D eigenvalue weighted by atomic mass is 10.2. The number of rotatable bonds is 4. The van der Waals surface area contributed by atoms with Crippen molar-refractivity contribution in [1.29, 1.82) is 0 Å². The van der Waals surface area contributed by atoms with Crippen LogP contribution >= 0.6 is 0 Å². The zero-order valence-corrected chi connectivity index (χ0v) is 12.8. The molecule has 1 amide bonds. The summed E-state index contributed by atoms with van der Waals surface area (Å²) in [6.07, 6.45) is 0.574. The van der Waals surface area contributed by atoms with E-state index in [1.807, 2.05) is 6.92 Å². The highest BCUT2D eigenvalue weighted by atomic mass is 32.2. The van der Waals surface area contributed by atoms with Crippen molar-refractivity contribution < 1.29 is 17.6 Å². The average Bonchev–Trinajstić information content (AvgIpc) is 2.46. The van der Waals surface area contributed by atoms with E-state index in [-0.39, 0.29) is 11.7 Å². The Labute approximate surface area is 124 Å². The molecular formula is C14H19FN2O3S. The Kier molecular flexibility index (Phi) is 4.95. The van der Waals surface area contributed by atoms with E-state index in [0.717, 1.165) is 0 Å². The third kappa shape index (κ3) is 3.79. The monoisotopic (exact) mass is 314 g/mol. The van der Waals surface area contributed by atoms with Crippen LogP contribution < -0.4 is 0 Å². The normalized spacial score (nSPS) is 17.0. The van der Waals surface area contributed by atoms with Crippen LogP contribution in [0.1, 0.15) is 23.7 Å². The molecule has 1 aliphatic rings. The maximum atomic E-state index is 13.1. The SMILES string of the molecule is CCCS(=O)(=O)N1CCN(C(=O)c2cccc(F)c2)CC1. The molecule has 1 aliphatic heterocycles. The zero-order chi connectivity index (χ0) is 15.5. The molecule has 1 aromatic rings. The van der Waals surface area contributed by atoms with Gasteiger partial charge in [0.2, 0.25) is 10.0 Å². The minimum atomic E-state index is -3.22. The molecule has 1 heterocycles. The Hall–Kier alpha value is -1.47. The molecule has 0 unspecified atom stereocenters. The van der Waals surface area contributed by atoms with Crippen molar-refractivity contribution in [2.75, 3.05) is 31.9 Å². The molecule has 0 aliphatic carbocycles. The summed E-state index contributed by atoms with van der Waals surface area (Å²) < 4.78 is 38.5. The van der Waals surface area contributed by atoms with E-state index in [2.05, 4.69) is 0 Å². The van der Waals surface area contributed by atoms with Crippen LogP contribution in [0.15, 0.2) is 24.3 Å². The van der Waals surface area contributed by atoms with E-state index in [1.165, 1.54) is 22.5 Å². The second-order valence-electron chi connectivity index (χ2n) is 5.02. The largest absolute Gasteiger partial charge is 0.336 e. The second-order valence-corrected chi connectivity index (χ2v) is 7.11. The van der Waals surface area contributed by atoms with Gasteiger partial charge in [-0.15, -0.1) is 0 Å². The molecule has 1 saturated heterocycles. The van der Waals surface area contributed by atoms with Crippen LogP contribution in [0.4, 0.5) is 4.39 Å². The van der Waals surface area contributed by atoms with E-state index in [9.17, 15) is 17.6 Å². The van der Waals surface area contributed by atoms with Crippen molar-refractivity contribution in [1.82, 2.24) is 9.21 Å². The van der Waals surface area contributed by atoms with Crippen LogP contribution in [-0.2, 0) is 10.0 Å². The van der Waals surface area contributed by atoms with Crippen molar-refractivity contribution in [3.8, 4) is 0 Å². The Morgan fingerprint density at radius 2 is 1.90 bits per heavy atom. The highest BCUT2D eigenvalue weighted by molar-refractivity contribution is 7.89. The number of hydrogen-bond donors (Lipinski definition) is 0. The molecule has 7 heteroatoms. The topological polar surface area (TPSA) is 57.7 Å². The summed E-state index contributed by atoms with van der Waals surface area (Å²) in [5.41, 5.74) is 0.292. The smallest absolute Gasteiger partial charge is 0.254 e. The number of piperazine rings is 1. The van der Waals surface area contributed by atoms with Gasteiger partial charge in [-0.2, -0.15) is 4.31 Å². The summed E-state index contributed by atoms with van der Waals surface area (Å²) in [4.78, 5) is 13.8. The number of hydrogen-bond acceptors (Lipinski definition) is 3. The molecular weight excluding hydrogens is 295 g/mol. The predicted molar refractivity (Wildman–Crippen MR) is 78.0 cm³/mol. The molecule has 0 radical (unpaired) electrons. The number of nitrogens with zero attached hydrogens (tertiary/aromatic N) is 2. The first-order valence-corrected chi connectivity index (χ1v) is 8.57. The van der Waals surface area contributed by atoms with Gasteiger partial charge in [0.1, 0.15) is 5.82 Å². The Morgan fingerprint density at radius 1 is 1.24 bits per heavy atom. The highest BCUT2D eigenvalue weighted by Gasteiger charge is 2.28. The van der Waals surface area contributed by atoms with Gasteiger partial charge < -0.3 is 4.90 Å². The highest BCUT2D eigenvalue weighted by Crippen LogP contribution is 2.13. The fourth-order valence-electron chi connectivity index (χ4n) is 2.36. The number of carbonyl (C=O) groups is 1. The summed E-state index contributed by atoms with van der Waals surface area (Å²) in [5, 5.41) is 0. The van der Waals surface area contributed by atoms with Crippen molar-refractivity contribution >= 4 is 15.9 Å². The molecule has 5 nitrogen and oxygen atoms in total. The Balaban J connectivity index is 2.00. The van der Waals surface area contributed by atoms with Crippen LogP contribution in [0, 0.1) is 5.82 Å². The van der Waals surface area contributed by atoms with Crippen molar-refractivity contribution in [3.63, 3.8) is 0 Å². The second kappa shape index (κ2) is 6.53. The number of carbonyl (C=O) groups excluding carboxylic acids is 1. The van der Waals surface area contributed by atoms with E-state index in [1.54, 1.807) is 11.0 Å². The Bertz CT molecular complexity index is 610. The molecule has 116 valence electrons. The van der Waals surface area contributed by atoms with Crippen molar-refractivity contribution in [3.05, 3.63) is 35.6 Å². The lowest BCUT2D eigenvalue weighted by Gasteiger charge is -2.34. The van der Waals surface area contributed by atoms with Crippen LogP contribution in [-0.4, -0.2) is 55.5 Å². The molecule has 21 heavy (non-hydrogen) atoms. The van der Waals surface area contributed by atoms with Crippen LogP contribution in [0.5, 0.6) is 0 Å². The van der Waals surface area contributed by atoms with E-state index >= 15 is 0 Å². The number of benzene rings is 1. The summed E-state index contributed by atoms with van der Waals surface area (Å²) in [6, 6.07) is 5.53. The van der Waals surface area contributed by atoms with Gasteiger partial charge in [0.15, 0.2) is 0 Å². The van der Waals surface area contributed by atoms with Gasteiger partial charge in [-0.3, -0.25) is 4.79 Å². The van der Waals surface area contributed by atoms with Crippen molar-refractivity contribution in [2.45, 2.75) is 13.3 Å². The maximum Gasteiger partial charge on any atom is 0.254 e. The number of amides is 1. The predicted octanol–water partition coefficient (Wildman–Crippen LogP) is 1.32. The molecule has 2 rings (SSSR count). The van der Waals surface area contributed by atoms with Gasteiger partial charge in [-0.1, -0.05) is 13.0 Å². The average molecular weight is 314 g/mol. The van der Waals surface area contributed by atoms with Gasteiger partial charge in [0.05, 0.1) is 5.75 Å².